The van der Waals surface area contributed by atoms with Crippen LogP contribution in [0, 0.1) is 0 Å². The van der Waals surface area contributed by atoms with E-state index in [-0.39, 0.29) is 6.42 Å². The number of esters is 1. The lowest BCUT2D eigenvalue weighted by molar-refractivity contribution is -0.159. The van der Waals surface area contributed by atoms with Gasteiger partial charge in [0.05, 0.1) is 0 Å². The number of carbonyl (C=O) groups excluding carboxylic acids is 4. The van der Waals surface area contributed by atoms with Crippen LogP contribution in [0.2, 0.25) is 0 Å². The molecule has 246 valence electrons. The summed E-state index contributed by atoms with van der Waals surface area (Å²) in [5.41, 5.74) is -0.307. The second kappa shape index (κ2) is 15.2. The van der Waals surface area contributed by atoms with E-state index in [2.05, 4.69) is 17.2 Å². The van der Waals surface area contributed by atoms with E-state index in [4.69, 9.17) is 9.47 Å². The molecule has 0 spiro atoms. The van der Waals surface area contributed by atoms with Crippen LogP contribution in [-0.4, -0.2) is 57.6 Å². The lowest BCUT2D eigenvalue weighted by atomic mass is 9.91. The fourth-order valence-corrected chi connectivity index (χ4v) is 4.64. The maximum atomic E-state index is 14.5. The first-order valence-electron chi connectivity index (χ1n) is 15.4. The molecule has 0 heterocycles. The molecule has 0 aliphatic rings. The monoisotopic (exact) mass is 621 g/mol. The Bertz CT molecular complexity index is 1340. The summed E-state index contributed by atoms with van der Waals surface area (Å²) < 4.78 is 11.1. The van der Waals surface area contributed by atoms with Gasteiger partial charge < -0.3 is 25.0 Å². The van der Waals surface area contributed by atoms with E-state index in [1.807, 2.05) is 57.2 Å². The molecule has 0 aromatic heterocycles. The maximum absolute atomic E-state index is 14.5. The quantitative estimate of drug-likeness (QED) is 0.266. The molecule has 3 unspecified atom stereocenters. The number of nitrogens with zero attached hydrogens (tertiary/aromatic N) is 1. The van der Waals surface area contributed by atoms with Crippen LogP contribution in [0.5, 0.6) is 0 Å². The Hall–Kier alpha value is -4.14. The number of hydrogen-bond acceptors (Lipinski definition) is 6. The largest absolute Gasteiger partial charge is 0.458 e. The van der Waals surface area contributed by atoms with Gasteiger partial charge in [-0.3, -0.25) is 9.59 Å². The lowest BCUT2D eigenvalue weighted by Crippen LogP contribution is -2.59. The molecule has 2 rings (SSSR count). The van der Waals surface area contributed by atoms with Gasteiger partial charge in [0.25, 0.3) is 0 Å². The zero-order valence-electron chi connectivity index (χ0n) is 28.5. The molecule has 2 N–H and O–H groups in total. The van der Waals surface area contributed by atoms with Gasteiger partial charge >= 0.3 is 12.1 Å². The maximum Gasteiger partial charge on any atom is 0.408 e. The summed E-state index contributed by atoms with van der Waals surface area (Å²) in [6.07, 6.45) is 1.58. The smallest absolute Gasteiger partial charge is 0.408 e. The first-order chi connectivity index (χ1) is 20.8. The summed E-state index contributed by atoms with van der Waals surface area (Å²) in [6, 6.07) is 13.3. The van der Waals surface area contributed by atoms with Crippen LogP contribution in [0.15, 0.2) is 61.2 Å². The van der Waals surface area contributed by atoms with Gasteiger partial charge in [0.2, 0.25) is 11.8 Å². The van der Waals surface area contributed by atoms with E-state index in [0.29, 0.717) is 12.0 Å². The van der Waals surface area contributed by atoms with Crippen LogP contribution in [0.25, 0.3) is 6.08 Å². The minimum absolute atomic E-state index is 0.183. The molecule has 45 heavy (non-hydrogen) atoms. The summed E-state index contributed by atoms with van der Waals surface area (Å²) in [5, 5.41) is 5.54. The average molecular weight is 622 g/mol. The third kappa shape index (κ3) is 11.4. The van der Waals surface area contributed by atoms with E-state index in [9.17, 15) is 19.2 Å². The van der Waals surface area contributed by atoms with Gasteiger partial charge in [0.15, 0.2) is 0 Å². The van der Waals surface area contributed by atoms with Gasteiger partial charge in [0.1, 0.15) is 29.3 Å². The van der Waals surface area contributed by atoms with Crippen molar-refractivity contribution >= 4 is 30.0 Å². The van der Waals surface area contributed by atoms with E-state index in [1.165, 1.54) is 4.90 Å². The number of alkyl carbamates (subject to hydrolysis) is 1. The number of carbonyl (C=O) groups is 4. The van der Waals surface area contributed by atoms with Gasteiger partial charge in [-0.15, -0.1) is 0 Å². The minimum atomic E-state index is -1.17. The van der Waals surface area contributed by atoms with Crippen LogP contribution < -0.4 is 10.6 Å². The van der Waals surface area contributed by atoms with Crippen LogP contribution >= 0.6 is 0 Å². The van der Waals surface area contributed by atoms with Crippen molar-refractivity contribution in [1.82, 2.24) is 15.5 Å². The summed E-state index contributed by atoms with van der Waals surface area (Å²) in [4.78, 5) is 56.4. The van der Waals surface area contributed by atoms with Crippen molar-refractivity contribution in [3.8, 4) is 0 Å². The Morgan fingerprint density at radius 1 is 0.867 bits per heavy atom. The fourth-order valence-electron chi connectivity index (χ4n) is 4.64. The van der Waals surface area contributed by atoms with Crippen molar-refractivity contribution in [2.24, 2.45) is 0 Å². The minimum Gasteiger partial charge on any atom is -0.458 e. The average Bonchev–Trinajstić information content (AvgIpc) is 2.93. The molecule has 9 nitrogen and oxygen atoms in total. The molecule has 2 aromatic carbocycles. The van der Waals surface area contributed by atoms with E-state index >= 15 is 0 Å². The van der Waals surface area contributed by atoms with Crippen molar-refractivity contribution in [2.75, 3.05) is 0 Å². The molecule has 2 aromatic rings. The van der Waals surface area contributed by atoms with Crippen molar-refractivity contribution in [2.45, 2.75) is 117 Å². The molecule has 0 radical (unpaired) electrons. The van der Waals surface area contributed by atoms with E-state index < -0.39 is 58.7 Å². The predicted octanol–water partition coefficient (Wildman–Crippen LogP) is 6.37. The Kier molecular flexibility index (Phi) is 12.5. The summed E-state index contributed by atoms with van der Waals surface area (Å²) >= 11 is 0. The highest BCUT2D eigenvalue weighted by Crippen LogP contribution is 2.33. The van der Waals surface area contributed by atoms with Crippen LogP contribution in [0.3, 0.4) is 0 Å². The number of amides is 3. The molecule has 0 fully saturated rings. The zero-order valence-corrected chi connectivity index (χ0v) is 28.5. The molecule has 3 atom stereocenters. The topological polar surface area (TPSA) is 114 Å². The summed E-state index contributed by atoms with van der Waals surface area (Å²) in [7, 11) is 0. The molecular weight excluding hydrogens is 570 g/mol. The van der Waals surface area contributed by atoms with E-state index in [1.54, 1.807) is 72.7 Å². The third-order valence-corrected chi connectivity index (χ3v) is 7.12. The number of benzene rings is 2. The molecule has 3 amide bonds. The van der Waals surface area contributed by atoms with Gasteiger partial charge in [-0.2, -0.15) is 0 Å². The molecular formula is C36H51N3O6. The molecule has 0 bridgehead atoms. The standard InChI is InChI=1S/C36H51N3O6/c1-12-25-20-17-21-27(22-25)29(39(36(10,11)13-2)31(41)24(3)37-33(43)45-35(7,8)9)30(40)38-28(32(42)44-34(4,5)6)23-26-18-15-14-16-19-26/h12,14-22,24,28-29H,1,13,23H2,2-11H3,(H,37,43)(H,38,40). The lowest BCUT2D eigenvalue weighted by Gasteiger charge is -2.44. The fraction of sp³-hybridized carbons (Fsp3) is 0.500. The third-order valence-electron chi connectivity index (χ3n) is 7.12. The highest BCUT2D eigenvalue weighted by molar-refractivity contribution is 5.94. The normalized spacial score (nSPS) is 13.9. The van der Waals surface area contributed by atoms with Crippen LogP contribution in [0.1, 0.15) is 98.4 Å². The molecule has 9 heteroatoms. The second-order valence-corrected chi connectivity index (χ2v) is 13.8. The molecule has 0 saturated carbocycles. The summed E-state index contributed by atoms with van der Waals surface area (Å²) in [6.45, 7) is 21.5. The summed E-state index contributed by atoms with van der Waals surface area (Å²) in [5.74, 6) is -1.65. The predicted molar refractivity (Wildman–Crippen MR) is 177 cm³/mol. The Morgan fingerprint density at radius 3 is 2.00 bits per heavy atom. The van der Waals surface area contributed by atoms with Gasteiger partial charge in [-0.25, -0.2) is 9.59 Å². The Labute approximate surface area is 268 Å². The molecule has 0 aliphatic heterocycles. The number of rotatable bonds is 12. The highest BCUT2D eigenvalue weighted by atomic mass is 16.6. The van der Waals surface area contributed by atoms with E-state index in [0.717, 1.165) is 11.1 Å². The van der Waals surface area contributed by atoms with Crippen LogP contribution in [0.4, 0.5) is 4.79 Å². The first kappa shape index (κ1) is 37.0. The molecule has 0 aliphatic carbocycles. The van der Waals surface area contributed by atoms with Crippen molar-refractivity contribution in [3.05, 3.63) is 77.9 Å². The van der Waals surface area contributed by atoms with Gasteiger partial charge in [0, 0.05) is 12.0 Å². The first-order valence-corrected chi connectivity index (χ1v) is 15.4. The van der Waals surface area contributed by atoms with Crippen molar-refractivity contribution < 1.29 is 28.7 Å². The number of ether oxygens (including phenoxy) is 2. The van der Waals surface area contributed by atoms with Crippen LogP contribution in [-0.2, 0) is 30.3 Å². The SMILES string of the molecule is C=Cc1cccc(C(C(=O)NC(Cc2ccccc2)C(=O)OC(C)(C)C)N(C(=O)C(C)NC(=O)OC(C)(C)C)C(C)(C)CC)c1. The van der Waals surface area contributed by atoms with Crippen molar-refractivity contribution in [3.63, 3.8) is 0 Å². The Balaban J connectivity index is 2.64. The van der Waals surface area contributed by atoms with Crippen molar-refractivity contribution in [1.29, 1.82) is 0 Å². The highest BCUT2D eigenvalue weighted by Gasteiger charge is 2.43. The van der Waals surface area contributed by atoms with Gasteiger partial charge in [-0.05, 0) is 91.5 Å². The number of nitrogens with one attached hydrogen (secondary N) is 2. The molecule has 0 saturated heterocycles. The number of hydrogen-bond donors (Lipinski definition) is 2. The second-order valence-electron chi connectivity index (χ2n) is 13.8. The van der Waals surface area contributed by atoms with Gasteiger partial charge in [-0.1, -0.05) is 68.1 Å². The zero-order chi connectivity index (χ0) is 34.2. The Morgan fingerprint density at radius 2 is 1.47 bits per heavy atom.